The Morgan fingerprint density at radius 1 is 1.13 bits per heavy atom. The molecule has 0 radical (unpaired) electrons. The smallest absolute Gasteiger partial charge is 0.138 e. The van der Waals surface area contributed by atoms with Crippen LogP contribution in [-0.2, 0) is 4.79 Å². The lowest BCUT2D eigenvalue weighted by Crippen LogP contribution is -2.51. The van der Waals surface area contributed by atoms with Crippen LogP contribution in [0.1, 0.15) is 78.1 Å². The molecule has 0 unspecified atom stereocenters. The number of hydrogen-bond acceptors (Lipinski definition) is 5. The van der Waals surface area contributed by atoms with Crippen LogP contribution >= 0.6 is 0 Å². The Morgan fingerprint density at radius 2 is 1.90 bits per heavy atom. The molecule has 4 aliphatic rings. The molecule has 0 aromatic heterocycles. The van der Waals surface area contributed by atoms with Gasteiger partial charge in [-0.2, -0.15) is 5.26 Å². The first-order chi connectivity index (χ1) is 14.8. The van der Waals surface area contributed by atoms with Crippen LogP contribution in [0.25, 0.3) is 0 Å². The van der Waals surface area contributed by atoms with Crippen molar-refractivity contribution in [2.75, 3.05) is 6.54 Å². The number of nitriles is 1. The van der Waals surface area contributed by atoms with Crippen LogP contribution in [0.5, 0.6) is 0 Å². The van der Waals surface area contributed by atoms with Gasteiger partial charge in [0.1, 0.15) is 11.9 Å². The van der Waals surface area contributed by atoms with Crippen molar-refractivity contribution in [2.24, 2.45) is 40.9 Å². The lowest BCUT2D eigenvalue weighted by molar-refractivity contribution is -0.132. The third-order valence-electron chi connectivity index (χ3n) is 9.68. The number of allylic oxidation sites excluding steroid dienone is 1. The molecule has 5 nitrogen and oxygen atoms in total. The highest BCUT2D eigenvalue weighted by Gasteiger charge is 2.58. The number of nitrogens with zero attached hydrogens (tertiary/aromatic N) is 1. The number of hydrogen-bond donors (Lipinski definition) is 3. The monoisotopic (exact) mass is 425 g/mol. The van der Waals surface area contributed by atoms with Crippen LogP contribution < -0.4 is 5.32 Å². The van der Waals surface area contributed by atoms with Gasteiger partial charge in [0.2, 0.25) is 0 Å². The maximum absolute atomic E-state index is 13.2. The summed E-state index contributed by atoms with van der Waals surface area (Å²) in [6.45, 7) is 4.96. The zero-order valence-corrected chi connectivity index (χ0v) is 19.2. The van der Waals surface area contributed by atoms with E-state index in [1.54, 1.807) is 0 Å². The summed E-state index contributed by atoms with van der Waals surface area (Å²) in [6, 6.07) is 1.95. The molecule has 4 aliphatic carbocycles. The second-order valence-corrected chi connectivity index (χ2v) is 11.4. The maximum atomic E-state index is 13.2. The Hall–Kier alpha value is -1.67. The van der Waals surface area contributed by atoms with E-state index in [1.807, 2.05) is 13.0 Å². The number of nitrogens with one attached hydrogen (secondary N) is 2. The van der Waals surface area contributed by atoms with E-state index in [0.29, 0.717) is 30.6 Å². The van der Waals surface area contributed by atoms with Crippen molar-refractivity contribution in [1.29, 1.82) is 10.7 Å². The highest BCUT2D eigenvalue weighted by atomic mass is 16.3. The summed E-state index contributed by atoms with van der Waals surface area (Å²) >= 11 is 0. The minimum atomic E-state index is -0.460. The highest BCUT2D eigenvalue weighted by molar-refractivity contribution is 5.82. The molecule has 4 rings (SSSR count). The lowest BCUT2D eigenvalue weighted by atomic mass is 9.49. The number of ketones is 1. The van der Waals surface area contributed by atoms with Gasteiger partial charge in [-0.1, -0.05) is 6.92 Å². The van der Waals surface area contributed by atoms with Gasteiger partial charge in [0.25, 0.3) is 0 Å². The summed E-state index contributed by atoms with van der Waals surface area (Å²) in [7, 11) is 0. The number of fused-ring (bicyclic) bond motifs is 5. The zero-order chi connectivity index (χ0) is 22.2. The van der Waals surface area contributed by atoms with Gasteiger partial charge in [-0.25, -0.2) is 0 Å². The average molecular weight is 426 g/mol. The second kappa shape index (κ2) is 8.70. The normalized spacial score (nSPS) is 44.4. The summed E-state index contributed by atoms with van der Waals surface area (Å²) in [5.74, 6) is 4.29. The highest BCUT2D eigenvalue weighted by Crippen LogP contribution is 2.64. The lowest BCUT2D eigenvalue weighted by Gasteiger charge is -2.56. The van der Waals surface area contributed by atoms with Crippen LogP contribution in [0.2, 0.25) is 0 Å². The minimum Gasteiger partial charge on any atom is -0.390 e. The third kappa shape index (κ3) is 4.21. The van der Waals surface area contributed by atoms with Gasteiger partial charge < -0.3 is 15.8 Å². The summed E-state index contributed by atoms with van der Waals surface area (Å²) < 4.78 is 0. The minimum absolute atomic E-state index is 0.147. The number of rotatable bonds is 6. The van der Waals surface area contributed by atoms with E-state index in [1.165, 1.54) is 44.7 Å². The number of Topliss-reactive ketones (excluding diaryl/α,β-unsaturated/α-hetero) is 1. The molecule has 170 valence electrons. The molecule has 0 aromatic carbocycles. The summed E-state index contributed by atoms with van der Waals surface area (Å²) in [6.07, 6.45) is 13.4. The Balaban J connectivity index is 1.38. The molecule has 0 aliphatic heterocycles. The van der Waals surface area contributed by atoms with E-state index < -0.39 is 5.60 Å². The molecule has 0 amide bonds. The first-order valence-corrected chi connectivity index (χ1v) is 12.4. The molecule has 31 heavy (non-hydrogen) atoms. The van der Waals surface area contributed by atoms with E-state index in [0.717, 1.165) is 43.2 Å². The fourth-order valence-corrected chi connectivity index (χ4v) is 8.27. The standard InChI is InChI=1S/C26H39N3O2/c1-25(31)10-7-19-18(13-25)3-4-21-20(19)8-11-26(2)22(21)5-6-23(26)24(30)9-12-29-16-17(14-27)15-28/h14,16,18-23,27,29,31H,3-13H2,1-2H3/b17-16+,27-14?/t18-,19-,20+,21+,22-,23+,25+,26-/m0/s1. The molecule has 0 heterocycles. The number of aliphatic hydroxyl groups is 1. The van der Waals surface area contributed by atoms with Gasteiger partial charge >= 0.3 is 0 Å². The molecule has 0 bridgehead atoms. The van der Waals surface area contributed by atoms with Crippen LogP contribution in [0, 0.1) is 57.7 Å². The maximum Gasteiger partial charge on any atom is 0.138 e. The van der Waals surface area contributed by atoms with Crippen molar-refractivity contribution >= 4 is 12.0 Å². The second-order valence-electron chi connectivity index (χ2n) is 11.4. The van der Waals surface area contributed by atoms with Crippen LogP contribution in [0.15, 0.2) is 11.8 Å². The molecule has 4 saturated carbocycles. The van der Waals surface area contributed by atoms with Crippen LogP contribution in [0.3, 0.4) is 0 Å². The Bertz CT molecular complexity index is 782. The molecule has 5 heteroatoms. The van der Waals surface area contributed by atoms with Gasteiger partial charge in [0.15, 0.2) is 0 Å². The molecule has 0 spiro atoms. The van der Waals surface area contributed by atoms with Crippen molar-refractivity contribution in [1.82, 2.24) is 5.32 Å². The van der Waals surface area contributed by atoms with Crippen molar-refractivity contribution in [3.8, 4) is 6.07 Å². The van der Waals surface area contributed by atoms with Gasteiger partial charge in [-0.05, 0) is 99.7 Å². The molecule has 0 saturated heterocycles. The van der Waals surface area contributed by atoms with E-state index in [4.69, 9.17) is 10.7 Å². The largest absolute Gasteiger partial charge is 0.390 e. The summed E-state index contributed by atoms with van der Waals surface area (Å²) in [5.41, 5.74) is -0.0373. The van der Waals surface area contributed by atoms with Crippen molar-refractivity contribution in [3.05, 3.63) is 11.8 Å². The van der Waals surface area contributed by atoms with Crippen LogP contribution in [0.4, 0.5) is 0 Å². The number of carbonyl (C=O) groups excluding carboxylic acids is 1. The summed E-state index contributed by atoms with van der Waals surface area (Å²) in [4.78, 5) is 13.2. The molecular weight excluding hydrogens is 386 g/mol. The molecule has 3 N–H and O–H groups in total. The third-order valence-corrected chi connectivity index (χ3v) is 9.68. The SMILES string of the molecule is C[C@@]1(O)CC[C@H]2[C@@H](CC[C@@H]3[C@@H]2CC[C@]2(C)[C@@H](C(=O)CCN/C=C(/C#N)C=N)CC[C@@H]32)C1. The fourth-order valence-electron chi connectivity index (χ4n) is 8.27. The van der Waals surface area contributed by atoms with E-state index >= 15 is 0 Å². The van der Waals surface area contributed by atoms with Gasteiger partial charge in [-0.3, -0.25) is 4.79 Å². The summed E-state index contributed by atoms with van der Waals surface area (Å²) in [5, 5.41) is 29.6. The Kier molecular flexibility index (Phi) is 6.32. The van der Waals surface area contributed by atoms with Gasteiger partial charge in [0, 0.05) is 31.3 Å². The molecule has 8 atom stereocenters. The van der Waals surface area contributed by atoms with Crippen molar-refractivity contribution in [3.63, 3.8) is 0 Å². The predicted octanol–water partition coefficient (Wildman–Crippen LogP) is 4.61. The first-order valence-electron chi connectivity index (χ1n) is 12.4. The van der Waals surface area contributed by atoms with E-state index in [2.05, 4.69) is 12.2 Å². The predicted molar refractivity (Wildman–Crippen MR) is 121 cm³/mol. The fraction of sp³-hybridized carbons (Fsp3) is 0.808. The quantitative estimate of drug-likeness (QED) is 0.329. The van der Waals surface area contributed by atoms with Crippen molar-refractivity contribution < 1.29 is 9.90 Å². The van der Waals surface area contributed by atoms with Gasteiger partial charge in [0.05, 0.1) is 11.2 Å². The van der Waals surface area contributed by atoms with Crippen molar-refractivity contribution in [2.45, 2.75) is 83.7 Å². The van der Waals surface area contributed by atoms with Gasteiger partial charge in [-0.15, -0.1) is 0 Å². The topological polar surface area (TPSA) is 97.0 Å². The average Bonchev–Trinajstić information content (AvgIpc) is 3.10. The van der Waals surface area contributed by atoms with Crippen LogP contribution in [-0.4, -0.2) is 29.3 Å². The van der Waals surface area contributed by atoms with E-state index in [-0.39, 0.29) is 16.9 Å². The molecule has 4 fully saturated rings. The first kappa shape index (κ1) is 22.5. The molecular formula is C26H39N3O2. The Morgan fingerprint density at radius 3 is 2.65 bits per heavy atom. The molecule has 0 aromatic rings. The van der Waals surface area contributed by atoms with E-state index in [9.17, 15) is 9.90 Å². The number of carbonyl (C=O) groups is 1. The zero-order valence-electron chi connectivity index (χ0n) is 19.2. The Labute approximate surface area is 187 Å².